The molecule has 0 saturated heterocycles. The van der Waals surface area contributed by atoms with Gasteiger partial charge in [-0.05, 0) is 31.2 Å². The Morgan fingerprint density at radius 1 is 1.24 bits per heavy atom. The number of benzene rings is 1. The second kappa shape index (κ2) is 8.59. The van der Waals surface area contributed by atoms with Crippen LogP contribution in [0.3, 0.4) is 0 Å². The zero-order valence-electron chi connectivity index (χ0n) is 12.2. The summed E-state index contributed by atoms with van der Waals surface area (Å²) in [5, 5.41) is 8.85. The van der Waals surface area contributed by atoms with Crippen molar-refractivity contribution in [1.82, 2.24) is 0 Å². The molecule has 1 aromatic rings. The van der Waals surface area contributed by atoms with Crippen molar-refractivity contribution in [2.75, 3.05) is 25.2 Å². The Bertz CT molecular complexity index is 519. The maximum Gasteiger partial charge on any atom is 0.306 e. The number of carbonyl (C=O) groups excluding carboxylic acids is 2. The number of rotatable bonds is 7. The lowest BCUT2D eigenvalue weighted by Gasteiger charge is -2.19. The molecule has 0 aliphatic heterocycles. The van der Waals surface area contributed by atoms with Crippen LogP contribution < -0.4 is 9.64 Å². The summed E-state index contributed by atoms with van der Waals surface area (Å²) in [5.41, 5.74) is 0.589. The Balaban J connectivity index is 2.73. The van der Waals surface area contributed by atoms with Gasteiger partial charge >= 0.3 is 5.97 Å². The Hall–Kier alpha value is -2.55. The van der Waals surface area contributed by atoms with E-state index in [0.29, 0.717) is 11.4 Å². The number of methoxy groups -OCH3 is 1. The number of ether oxygens (including phenoxy) is 2. The molecule has 0 radical (unpaired) electrons. The van der Waals surface area contributed by atoms with E-state index in [2.05, 4.69) is 0 Å². The van der Waals surface area contributed by atoms with E-state index >= 15 is 0 Å². The topological polar surface area (TPSA) is 79.6 Å². The van der Waals surface area contributed by atoms with Gasteiger partial charge in [0.05, 0.1) is 26.2 Å². The summed E-state index contributed by atoms with van der Waals surface area (Å²) >= 11 is 0. The van der Waals surface area contributed by atoms with Gasteiger partial charge in [-0.15, -0.1) is 0 Å². The fraction of sp³-hybridized carbons (Fsp3) is 0.400. The normalized spacial score (nSPS) is 9.57. The van der Waals surface area contributed by atoms with Crippen LogP contribution in [0.25, 0.3) is 0 Å². The van der Waals surface area contributed by atoms with E-state index in [1.807, 2.05) is 6.07 Å². The van der Waals surface area contributed by atoms with E-state index in [9.17, 15) is 9.59 Å². The second-order valence-corrected chi connectivity index (χ2v) is 4.14. The molecular weight excluding hydrogens is 272 g/mol. The molecule has 0 saturated carbocycles. The van der Waals surface area contributed by atoms with Crippen molar-refractivity contribution in [2.24, 2.45) is 0 Å². The summed E-state index contributed by atoms with van der Waals surface area (Å²) in [6, 6.07) is 8.75. The van der Waals surface area contributed by atoms with Crippen LogP contribution in [-0.2, 0) is 14.3 Å². The molecule has 6 nitrogen and oxygen atoms in total. The van der Waals surface area contributed by atoms with Gasteiger partial charge < -0.3 is 9.47 Å². The third-order valence-electron chi connectivity index (χ3n) is 2.76. The van der Waals surface area contributed by atoms with Crippen molar-refractivity contribution in [2.45, 2.75) is 19.8 Å². The first kappa shape index (κ1) is 16.5. The lowest BCUT2D eigenvalue weighted by Crippen LogP contribution is -2.31. The van der Waals surface area contributed by atoms with Crippen molar-refractivity contribution in [3.63, 3.8) is 0 Å². The molecule has 0 aromatic heterocycles. The average molecular weight is 290 g/mol. The number of esters is 1. The predicted molar refractivity (Wildman–Crippen MR) is 76.8 cm³/mol. The van der Waals surface area contributed by atoms with Gasteiger partial charge in [-0.25, -0.2) is 0 Å². The zero-order chi connectivity index (χ0) is 15.7. The lowest BCUT2D eigenvalue weighted by atomic mass is 10.2. The summed E-state index contributed by atoms with van der Waals surface area (Å²) < 4.78 is 9.82. The SMILES string of the molecule is CCOC(=O)CCC(=O)N(CC#N)c1ccc(OC)cc1. The van der Waals surface area contributed by atoms with E-state index < -0.39 is 5.97 Å². The zero-order valence-corrected chi connectivity index (χ0v) is 12.2. The molecule has 0 fully saturated rings. The molecule has 112 valence electrons. The largest absolute Gasteiger partial charge is 0.497 e. The quantitative estimate of drug-likeness (QED) is 0.566. The van der Waals surface area contributed by atoms with Gasteiger partial charge in [0, 0.05) is 12.1 Å². The molecule has 6 heteroatoms. The molecule has 21 heavy (non-hydrogen) atoms. The number of carbonyl (C=O) groups is 2. The molecule has 0 aliphatic carbocycles. The maximum absolute atomic E-state index is 12.1. The highest BCUT2D eigenvalue weighted by Gasteiger charge is 2.17. The summed E-state index contributed by atoms with van der Waals surface area (Å²) in [6.07, 6.45) is 0.0112. The highest BCUT2D eigenvalue weighted by Crippen LogP contribution is 2.20. The average Bonchev–Trinajstić information content (AvgIpc) is 2.51. The molecule has 0 aliphatic rings. The van der Waals surface area contributed by atoms with Gasteiger partial charge in [-0.3, -0.25) is 14.5 Å². The molecule has 0 unspecified atom stereocenters. The van der Waals surface area contributed by atoms with Crippen molar-refractivity contribution >= 4 is 17.6 Å². The lowest BCUT2D eigenvalue weighted by molar-refractivity contribution is -0.144. The Labute approximate surface area is 123 Å². The number of anilines is 1. The van der Waals surface area contributed by atoms with Crippen molar-refractivity contribution < 1.29 is 19.1 Å². The third kappa shape index (κ3) is 5.15. The van der Waals surface area contributed by atoms with Crippen molar-refractivity contribution in [1.29, 1.82) is 5.26 Å². The molecule has 0 atom stereocenters. The molecule has 0 heterocycles. The summed E-state index contributed by atoms with van der Waals surface area (Å²) in [5.74, 6) is -0.0538. The molecule has 1 rings (SSSR count). The number of nitriles is 1. The molecule has 1 amide bonds. The van der Waals surface area contributed by atoms with Crippen LogP contribution >= 0.6 is 0 Å². The van der Waals surface area contributed by atoms with Crippen LogP contribution in [0.15, 0.2) is 24.3 Å². The molecule has 0 bridgehead atoms. The first-order chi connectivity index (χ1) is 10.1. The van der Waals surface area contributed by atoms with Gasteiger partial charge in [-0.1, -0.05) is 0 Å². The molecule has 1 aromatic carbocycles. The predicted octanol–water partition coefficient (Wildman–Crippen LogP) is 1.90. The van der Waals surface area contributed by atoms with E-state index in [4.69, 9.17) is 14.7 Å². The fourth-order valence-electron chi connectivity index (χ4n) is 1.73. The van der Waals surface area contributed by atoms with Gasteiger partial charge in [-0.2, -0.15) is 5.26 Å². The van der Waals surface area contributed by atoms with Crippen LogP contribution in [0, 0.1) is 11.3 Å². The van der Waals surface area contributed by atoms with Crippen LogP contribution in [0.4, 0.5) is 5.69 Å². The monoisotopic (exact) mass is 290 g/mol. The fourth-order valence-corrected chi connectivity index (χ4v) is 1.73. The van der Waals surface area contributed by atoms with Crippen LogP contribution in [-0.4, -0.2) is 32.1 Å². The second-order valence-electron chi connectivity index (χ2n) is 4.14. The minimum atomic E-state index is -0.419. The molecule has 0 N–H and O–H groups in total. The summed E-state index contributed by atoms with van der Waals surface area (Å²) in [6.45, 7) is 1.92. The van der Waals surface area contributed by atoms with Gasteiger partial charge in [0.15, 0.2) is 0 Å². The summed E-state index contributed by atoms with van der Waals surface area (Å²) in [4.78, 5) is 24.7. The first-order valence-corrected chi connectivity index (χ1v) is 6.59. The van der Waals surface area contributed by atoms with Crippen molar-refractivity contribution in [3.05, 3.63) is 24.3 Å². The van der Waals surface area contributed by atoms with Gasteiger partial charge in [0.1, 0.15) is 12.3 Å². The smallest absolute Gasteiger partial charge is 0.306 e. The molecular formula is C15H18N2O4. The Morgan fingerprint density at radius 2 is 1.90 bits per heavy atom. The summed E-state index contributed by atoms with van der Waals surface area (Å²) in [7, 11) is 1.55. The van der Waals surface area contributed by atoms with Crippen LogP contribution in [0.5, 0.6) is 5.75 Å². The highest BCUT2D eigenvalue weighted by atomic mass is 16.5. The van der Waals surface area contributed by atoms with Gasteiger partial charge in [0.2, 0.25) is 5.91 Å². The Kier molecular flexibility index (Phi) is 6.75. The van der Waals surface area contributed by atoms with E-state index in [1.165, 1.54) is 4.90 Å². The number of hydrogen-bond donors (Lipinski definition) is 0. The number of hydrogen-bond acceptors (Lipinski definition) is 5. The van der Waals surface area contributed by atoms with Gasteiger partial charge in [0.25, 0.3) is 0 Å². The van der Waals surface area contributed by atoms with E-state index in [1.54, 1.807) is 38.3 Å². The van der Waals surface area contributed by atoms with E-state index in [-0.39, 0.29) is 31.9 Å². The standard InChI is InChI=1S/C15H18N2O4/c1-3-21-15(19)9-8-14(18)17(11-10-16)12-4-6-13(20-2)7-5-12/h4-7H,3,8-9,11H2,1-2H3. The molecule has 0 spiro atoms. The van der Waals surface area contributed by atoms with Crippen molar-refractivity contribution in [3.8, 4) is 11.8 Å². The minimum absolute atomic E-state index is 0.00472. The minimum Gasteiger partial charge on any atom is -0.497 e. The van der Waals surface area contributed by atoms with Crippen LogP contribution in [0.1, 0.15) is 19.8 Å². The number of amides is 1. The van der Waals surface area contributed by atoms with Crippen LogP contribution in [0.2, 0.25) is 0 Å². The Morgan fingerprint density at radius 3 is 2.43 bits per heavy atom. The first-order valence-electron chi connectivity index (χ1n) is 6.59. The maximum atomic E-state index is 12.1. The number of nitrogens with zero attached hydrogens (tertiary/aromatic N) is 2. The third-order valence-corrected chi connectivity index (χ3v) is 2.76. The highest BCUT2D eigenvalue weighted by molar-refractivity contribution is 5.95. The van der Waals surface area contributed by atoms with E-state index in [0.717, 1.165) is 0 Å².